The van der Waals surface area contributed by atoms with E-state index < -0.39 is 0 Å². The SMILES string of the molecule is CCCC(C)Nc1nccn(C2CC2)c1=O. The Kier molecular flexibility index (Phi) is 3.27. The van der Waals surface area contributed by atoms with Gasteiger partial charge in [-0.25, -0.2) is 4.98 Å². The van der Waals surface area contributed by atoms with Crippen LogP contribution in [0.25, 0.3) is 0 Å². The molecule has 1 aliphatic carbocycles. The Hall–Kier alpha value is -1.32. The smallest absolute Gasteiger partial charge is 0.293 e. The van der Waals surface area contributed by atoms with Gasteiger partial charge in [-0.15, -0.1) is 0 Å². The molecule has 0 aromatic carbocycles. The topological polar surface area (TPSA) is 46.9 Å². The largest absolute Gasteiger partial charge is 0.363 e. The number of hydrogen-bond acceptors (Lipinski definition) is 3. The van der Waals surface area contributed by atoms with Crippen LogP contribution in [0.3, 0.4) is 0 Å². The van der Waals surface area contributed by atoms with Crippen LogP contribution in [-0.2, 0) is 0 Å². The molecule has 16 heavy (non-hydrogen) atoms. The van der Waals surface area contributed by atoms with Crippen molar-refractivity contribution >= 4 is 5.82 Å². The quantitative estimate of drug-likeness (QED) is 0.829. The van der Waals surface area contributed by atoms with Gasteiger partial charge in [0, 0.05) is 24.5 Å². The van der Waals surface area contributed by atoms with Crippen LogP contribution in [0.2, 0.25) is 0 Å². The molecule has 0 radical (unpaired) electrons. The standard InChI is InChI=1S/C12H19N3O/c1-3-4-9(2)14-11-12(16)15(8-7-13-11)10-5-6-10/h7-10H,3-6H2,1-2H3,(H,13,14). The van der Waals surface area contributed by atoms with Gasteiger partial charge in [0.05, 0.1) is 0 Å². The van der Waals surface area contributed by atoms with Crippen LogP contribution >= 0.6 is 0 Å². The average molecular weight is 221 g/mol. The van der Waals surface area contributed by atoms with E-state index in [0.717, 1.165) is 25.7 Å². The van der Waals surface area contributed by atoms with E-state index in [1.165, 1.54) is 0 Å². The molecule has 0 spiro atoms. The molecule has 2 rings (SSSR count). The minimum Gasteiger partial charge on any atom is -0.363 e. The fourth-order valence-corrected chi connectivity index (χ4v) is 1.90. The highest BCUT2D eigenvalue weighted by Crippen LogP contribution is 2.33. The maximum atomic E-state index is 12.0. The summed E-state index contributed by atoms with van der Waals surface area (Å²) in [5.74, 6) is 0.496. The summed E-state index contributed by atoms with van der Waals surface area (Å²) >= 11 is 0. The van der Waals surface area contributed by atoms with Gasteiger partial charge in [0.15, 0.2) is 5.82 Å². The molecule has 4 heteroatoms. The molecule has 1 N–H and O–H groups in total. The molecule has 1 aliphatic rings. The zero-order valence-electron chi connectivity index (χ0n) is 9.94. The number of aromatic nitrogens is 2. The van der Waals surface area contributed by atoms with Crippen molar-refractivity contribution < 1.29 is 0 Å². The van der Waals surface area contributed by atoms with Crippen molar-refractivity contribution in [3.63, 3.8) is 0 Å². The molecule has 1 aromatic rings. The molecule has 0 bridgehead atoms. The van der Waals surface area contributed by atoms with Crippen molar-refractivity contribution in [2.45, 2.75) is 51.6 Å². The van der Waals surface area contributed by atoms with Crippen molar-refractivity contribution in [2.24, 2.45) is 0 Å². The molecule has 1 aromatic heterocycles. The first-order chi connectivity index (χ1) is 7.72. The lowest BCUT2D eigenvalue weighted by atomic mass is 10.2. The summed E-state index contributed by atoms with van der Waals surface area (Å²) in [6.45, 7) is 4.22. The molecule has 0 amide bonds. The summed E-state index contributed by atoms with van der Waals surface area (Å²) in [5, 5.41) is 3.19. The number of rotatable bonds is 5. The molecule has 4 nitrogen and oxygen atoms in total. The first kappa shape index (κ1) is 11.2. The molecule has 1 heterocycles. The van der Waals surface area contributed by atoms with E-state index >= 15 is 0 Å². The fraction of sp³-hybridized carbons (Fsp3) is 0.667. The van der Waals surface area contributed by atoms with E-state index in [0.29, 0.717) is 17.9 Å². The fourth-order valence-electron chi connectivity index (χ4n) is 1.90. The van der Waals surface area contributed by atoms with Crippen LogP contribution in [0, 0.1) is 0 Å². The van der Waals surface area contributed by atoms with Crippen molar-refractivity contribution in [3.05, 3.63) is 22.7 Å². The zero-order chi connectivity index (χ0) is 11.5. The van der Waals surface area contributed by atoms with E-state index in [4.69, 9.17) is 0 Å². The summed E-state index contributed by atoms with van der Waals surface area (Å²) < 4.78 is 1.80. The van der Waals surface area contributed by atoms with Crippen LogP contribution in [-0.4, -0.2) is 15.6 Å². The predicted octanol–water partition coefficient (Wildman–Crippen LogP) is 2.18. The first-order valence-electron chi connectivity index (χ1n) is 6.06. The van der Waals surface area contributed by atoms with Gasteiger partial charge in [-0.2, -0.15) is 0 Å². The van der Waals surface area contributed by atoms with Crippen molar-refractivity contribution in [3.8, 4) is 0 Å². The van der Waals surface area contributed by atoms with E-state index in [1.54, 1.807) is 17.0 Å². The molecular formula is C12H19N3O. The first-order valence-corrected chi connectivity index (χ1v) is 6.06. The number of nitrogens with zero attached hydrogens (tertiary/aromatic N) is 2. The summed E-state index contributed by atoms with van der Waals surface area (Å²) in [7, 11) is 0. The van der Waals surface area contributed by atoms with Gasteiger partial charge < -0.3 is 9.88 Å². The highest BCUT2D eigenvalue weighted by atomic mass is 16.1. The molecule has 1 saturated carbocycles. The highest BCUT2D eigenvalue weighted by molar-refractivity contribution is 5.32. The Morgan fingerprint density at radius 1 is 1.62 bits per heavy atom. The molecule has 88 valence electrons. The lowest BCUT2D eigenvalue weighted by Crippen LogP contribution is -2.27. The Labute approximate surface area is 95.7 Å². The molecule has 1 atom stereocenters. The second-order valence-electron chi connectivity index (χ2n) is 4.55. The highest BCUT2D eigenvalue weighted by Gasteiger charge is 2.25. The van der Waals surface area contributed by atoms with Gasteiger partial charge in [0.2, 0.25) is 0 Å². The van der Waals surface area contributed by atoms with Crippen LogP contribution in [0.5, 0.6) is 0 Å². The van der Waals surface area contributed by atoms with Crippen molar-refractivity contribution in [2.75, 3.05) is 5.32 Å². The van der Waals surface area contributed by atoms with Crippen molar-refractivity contribution in [1.82, 2.24) is 9.55 Å². The van der Waals surface area contributed by atoms with E-state index in [2.05, 4.69) is 24.1 Å². The van der Waals surface area contributed by atoms with Gasteiger partial charge in [0.1, 0.15) is 0 Å². The Bertz CT molecular complexity index is 409. The summed E-state index contributed by atoms with van der Waals surface area (Å²) in [6, 6.07) is 0.720. The minimum absolute atomic E-state index is 0.0213. The Balaban J connectivity index is 2.14. The lowest BCUT2D eigenvalue weighted by molar-refractivity contribution is 0.668. The van der Waals surface area contributed by atoms with Gasteiger partial charge in [-0.1, -0.05) is 13.3 Å². The maximum Gasteiger partial charge on any atom is 0.293 e. The van der Waals surface area contributed by atoms with Gasteiger partial charge in [0.25, 0.3) is 5.56 Å². The summed E-state index contributed by atoms with van der Waals surface area (Å²) in [5.41, 5.74) is 0.0213. The molecule has 0 aliphatic heterocycles. The minimum atomic E-state index is 0.0213. The van der Waals surface area contributed by atoms with Gasteiger partial charge >= 0.3 is 0 Å². The average Bonchev–Trinajstić information content (AvgIpc) is 3.05. The normalized spacial score (nSPS) is 17.1. The number of nitrogens with one attached hydrogen (secondary N) is 1. The third kappa shape index (κ3) is 2.43. The maximum absolute atomic E-state index is 12.0. The van der Waals surface area contributed by atoms with Gasteiger partial charge in [-0.3, -0.25) is 4.79 Å². The summed E-state index contributed by atoms with van der Waals surface area (Å²) in [4.78, 5) is 16.2. The third-order valence-corrected chi connectivity index (χ3v) is 2.91. The predicted molar refractivity (Wildman–Crippen MR) is 64.8 cm³/mol. The van der Waals surface area contributed by atoms with E-state index in [1.807, 2.05) is 0 Å². The van der Waals surface area contributed by atoms with E-state index in [-0.39, 0.29) is 5.56 Å². The molecule has 1 unspecified atom stereocenters. The van der Waals surface area contributed by atoms with Crippen LogP contribution < -0.4 is 10.9 Å². The van der Waals surface area contributed by atoms with Crippen molar-refractivity contribution in [1.29, 1.82) is 0 Å². The second-order valence-corrected chi connectivity index (χ2v) is 4.55. The number of hydrogen-bond donors (Lipinski definition) is 1. The van der Waals surface area contributed by atoms with Gasteiger partial charge in [-0.05, 0) is 26.2 Å². The zero-order valence-corrected chi connectivity index (χ0v) is 9.94. The summed E-state index contributed by atoms with van der Waals surface area (Å²) in [6.07, 6.45) is 7.90. The second kappa shape index (κ2) is 4.68. The van der Waals surface area contributed by atoms with E-state index in [9.17, 15) is 4.79 Å². The molecule has 0 saturated heterocycles. The van der Waals surface area contributed by atoms with Crippen LogP contribution in [0.1, 0.15) is 45.6 Å². The Morgan fingerprint density at radius 3 is 3.00 bits per heavy atom. The monoisotopic (exact) mass is 221 g/mol. The number of anilines is 1. The lowest BCUT2D eigenvalue weighted by Gasteiger charge is -2.13. The Morgan fingerprint density at radius 2 is 2.38 bits per heavy atom. The third-order valence-electron chi connectivity index (χ3n) is 2.91. The van der Waals surface area contributed by atoms with Crippen LogP contribution in [0.4, 0.5) is 5.82 Å². The molecule has 1 fully saturated rings. The molecular weight excluding hydrogens is 202 g/mol. The van der Waals surface area contributed by atoms with Crippen LogP contribution in [0.15, 0.2) is 17.2 Å².